The minimum Gasteiger partial charge on any atom is -0.497 e. The first kappa shape index (κ1) is 17.4. The van der Waals surface area contributed by atoms with Crippen LogP contribution in [-0.2, 0) is 9.53 Å². The monoisotopic (exact) mass is 394 g/mol. The van der Waals surface area contributed by atoms with Crippen molar-refractivity contribution < 1.29 is 19.1 Å². The predicted octanol–water partition coefficient (Wildman–Crippen LogP) is 4.35. The van der Waals surface area contributed by atoms with Gasteiger partial charge in [-0.15, -0.1) is 11.3 Å². The van der Waals surface area contributed by atoms with Crippen molar-refractivity contribution in [1.82, 2.24) is 0 Å². The molecule has 0 radical (unpaired) electrons. The quantitative estimate of drug-likeness (QED) is 0.415. The lowest BCUT2D eigenvalue weighted by Gasteiger charge is -2.11. The third-order valence-electron chi connectivity index (χ3n) is 3.01. The molecule has 120 valence electrons. The van der Waals surface area contributed by atoms with Crippen molar-refractivity contribution in [3.05, 3.63) is 56.7 Å². The first-order valence-corrected chi connectivity index (χ1v) is 8.43. The van der Waals surface area contributed by atoms with Crippen molar-refractivity contribution in [2.75, 3.05) is 7.11 Å². The highest BCUT2D eigenvalue weighted by atomic mass is 79.9. The Morgan fingerprint density at radius 3 is 2.43 bits per heavy atom. The van der Waals surface area contributed by atoms with Gasteiger partial charge in [0, 0.05) is 16.5 Å². The van der Waals surface area contributed by atoms with E-state index in [1.807, 2.05) is 12.1 Å². The summed E-state index contributed by atoms with van der Waals surface area (Å²) in [7, 11) is 1.56. The van der Waals surface area contributed by atoms with Crippen molar-refractivity contribution in [3.8, 4) is 5.75 Å². The molecule has 0 saturated heterocycles. The Bertz CT molecular complexity index is 718. The summed E-state index contributed by atoms with van der Waals surface area (Å²) in [4.78, 5) is 24.9. The van der Waals surface area contributed by atoms with E-state index >= 15 is 0 Å². The second-order valence-electron chi connectivity index (χ2n) is 4.65. The summed E-state index contributed by atoms with van der Waals surface area (Å²) in [6.07, 6.45) is 2.12. The molecule has 0 unspecified atom stereocenters. The summed E-state index contributed by atoms with van der Waals surface area (Å²) in [6.45, 7) is 1.56. The molecule has 1 atom stereocenters. The Morgan fingerprint density at radius 1 is 1.17 bits per heavy atom. The maximum absolute atomic E-state index is 12.2. The summed E-state index contributed by atoms with van der Waals surface area (Å²) in [5.74, 6) is -0.145. The van der Waals surface area contributed by atoms with Gasteiger partial charge in [-0.1, -0.05) is 0 Å². The smallest absolute Gasteiger partial charge is 0.331 e. The minimum absolute atomic E-state index is 0.256. The van der Waals surface area contributed by atoms with Crippen molar-refractivity contribution in [1.29, 1.82) is 0 Å². The molecule has 2 rings (SSSR count). The van der Waals surface area contributed by atoms with E-state index in [4.69, 9.17) is 9.47 Å². The van der Waals surface area contributed by atoms with E-state index in [1.54, 1.807) is 44.4 Å². The molecule has 0 fully saturated rings. The molecule has 0 aliphatic heterocycles. The predicted molar refractivity (Wildman–Crippen MR) is 93.9 cm³/mol. The average molecular weight is 395 g/mol. The number of esters is 1. The first-order valence-electron chi connectivity index (χ1n) is 6.82. The van der Waals surface area contributed by atoms with E-state index in [2.05, 4.69) is 15.9 Å². The largest absolute Gasteiger partial charge is 0.497 e. The molecule has 0 aliphatic rings. The highest BCUT2D eigenvalue weighted by Gasteiger charge is 2.18. The molecule has 1 aromatic carbocycles. The zero-order valence-electron chi connectivity index (χ0n) is 12.6. The molecular weight excluding hydrogens is 380 g/mol. The summed E-state index contributed by atoms with van der Waals surface area (Å²) in [6, 6.07) is 10.4. The second kappa shape index (κ2) is 8.08. The first-order chi connectivity index (χ1) is 11.0. The number of thiophene rings is 1. The standard InChI is InChI=1S/C17H15BrO4S/c1-11(17(20)12-3-5-13(21-2)6-4-12)22-16(19)10-8-14-7-9-15(18)23-14/h3-11H,1-2H3/b10-8+/t11-/m0/s1. The van der Waals surface area contributed by atoms with E-state index in [0.29, 0.717) is 11.3 Å². The third-order valence-corrected chi connectivity index (χ3v) is 4.60. The van der Waals surface area contributed by atoms with E-state index in [0.717, 1.165) is 8.66 Å². The Hall–Kier alpha value is -1.92. The number of hydrogen-bond donors (Lipinski definition) is 0. The molecule has 23 heavy (non-hydrogen) atoms. The van der Waals surface area contributed by atoms with Crippen LogP contribution >= 0.6 is 27.3 Å². The third kappa shape index (κ3) is 5.04. The summed E-state index contributed by atoms with van der Waals surface area (Å²) >= 11 is 4.85. The van der Waals surface area contributed by atoms with Gasteiger partial charge >= 0.3 is 5.97 Å². The molecule has 0 saturated carbocycles. The molecule has 4 nitrogen and oxygen atoms in total. The van der Waals surface area contributed by atoms with Gasteiger partial charge < -0.3 is 9.47 Å². The number of methoxy groups -OCH3 is 1. The van der Waals surface area contributed by atoms with Gasteiger partial charge in [-0.3, -0.25) is 4.79 Å². The van der Waals surface area contributed by atoms with Crippen LogP contribution < -0.4 is 4.74 Å². The molecule has 0 N–H and O–H groups in total. The second-order valence-corrected chi connectivity index (χ2v) is 7.14. The molecule has 2 aromatic rings. The number of carbonyl (C=O) groups excluding carboxylic acids is 2. The van der Waals surface area contributed by atoms with Gasteiger partial charge in [0.15, 0.2) is 6.10 Å². The number of Topliss-reactive ketones (excluding diaryl/α,β-unsaturated/α-hetero) is 1. The maximum Gasteiger partial charge on any atom is 0.331 e. The van der Waals surface area contributed by atoms with Gasteiger partial charge in [-0.2, -0.15) is 0 Å². The fraction of sp³-hybridized carbons (Fsp3) is 0.176. The van der Waals surface area contributed by atoms with Crippen LogP contribution in [0.2, 0.25) is 0 Å². The molecule has 0 aliphatic carbocycles. The van der Waals surface area contributed by atoms with Gasteiger partial charge in [0.2, 0.25) is 5.78 Å². The Labute approximate surface area is 146 Å². The molecule has 1 aromatic heterocycles. The Balaban J connectivity index is 1.94. The van der Waals surface area contributed by atoms with Crippen molar-refractivity contribution in [2.24, 2.45) is 0 Å². The van der Waals surface area contributed by atoms with E-state index < -0.39 is 12.1 Å². The van der Waals surface area contributed by atoms with Crippen LogP contribution in [0.4, 0.5) is 0 Å². The number of benzene rings is 1. The normalized spacial score (nSPS) is 12.1. The van der Waals surface area contributed by atoms with Crippen LogP contribution in [0.5, 0.6) is 5.75 Å². The molecular formula is C17H15BrO4S. The van der Waals surface area contributed by atoms with E-state index in [9.17, 15) is 9.59 Å². The maximum atomic E-state index is 12.2. The lowest BCUT2D eigenvalue weighted by atomic mass is 10.1. The van der Waals surface area contributed by atoms with Crippen molar-refractivity contribution in [2.45, 2.75) is 13.0 Å². The Kier molecular flexibility index (Phi) is 6.12. The number of rotatable bonds is 6. The Morgan fingerprint density at radius 2 is 1.87 bits per heavy atom. The van der Waals surface area contributed by atoms with Gasteiger partial charge in [0.05, 0.1) is 10.9 Å². The lowest BCUT2D eigenvalue weighted by molar-refractivity contribution is -0.140. The van der Waals surface area contributed by atoms with E-state index in [-0.39, 0.29) is 5.78 Å². The molecule has 6 heteroatoms. The molecule has 0 bridgehead atoms. The summed E-state index contributed by atoms with van der Waals surface area (Å²) < 4.78 is 11.2. The molecule has 0 amide bonds. The fourth-order valence-corrected chi connectivity index (χ4v) is 3.15. The van der Waals surface area contributed by atoms with Crippen LogP contribution in [0.15, 0.2) is 46.3 Å². The number of halogens is 1. The zero-order chi connectivity index (χ0) is 16.8. The van der Waals surface area contributed by atoms with Crippen molar-refractivity contribution in [3.63, 3.8) is 0 Å². The molecule has 1 heterocycles. The van der Waals surface area contributed by atoms with Crippen LogP contribution in [0.1, 0.15) is 22.2 Å². The zero-order valence-corrected chi connectivity index (χ0v) is 15.0. The minimum atomic E-state index is -0.851. The fourth-order valence-electron chi connectivity index (χ4n) is 1.83. The van der Waals surface area contributed by atoms with Gasteiger partial charge in [-0.05, 0) is 65.3 Å². The van der Waals surface area contributed by atoms with Crippen LogP contribution in [0.3, 0.4) is 0 Å². The van der Waals surface area contributed by atoms with E-state index in [1.165, 1.54) is 17.4 Å². The van der Waals surface area contributed by atoms with Crippen molar-refractivity contribution >= 4 is 45.1 Å². The summed E-state index contributed by atoms with van der Waals surface area (Å²) in [5, 5.41) is 0. The number of hydrogen-bond acceptors (Lipinski definition) is 5. The van der Waals surface area contributed by atoms with Crippen LogP contribution in [0.25, 0.3) is 6.08 Å². The summed E-state index contributed by atoms with van der Waals surface area (Å²) in [5.41, 5.74) is 0.470. The molecule has 0 spiro atoms. The average Bonchev–Trinajstić information content (AvgIpc) is 2.97. The van der Waals surface area contributed by atoms with Gasteiger partial charge in [-0.25, -0.2) is 4.79 Å². The highest BCUT2D eigenvalue weighted by Crippen LogP contribution is 2.23. The lowest BCUT2D eigenvalue weighted by Crippen LogP contribution is -2.23. The highest BCUT2D eigenvalue weighted by molar-refractivity contribution is 9.11. The van der Waals surface area contributed by atoms with Crippen LogP contribution in [0, 0.1) is 0 Å². The van der Waals surface area contributed by atoms with Crippen LogP contribution in [-0.4, -0.2) is 25.0 Å². The topological polar surface area (TPSA) is 52.6 Å². The number of ketones is 1. The van der Waals surface area contributed by atoms with Gasteiger partial charge in [0.25, 0.3) is 0 Å². The number of carbonyl (C=O) groups is 2. The number of ether oxygens (including phenoxy) is 2. The van der Waals surface area contributed by atoms with Gasteiger partial charge in [0.1, 0.15) is 5.75 Å². The SMILES string of the molecule is COc1ccc(C(=O)[C@H](C)OC(=O)/C=C/c2ccc(Br)s2)cc1.